The topological polar surface area (TPSA) is 91.3 Å². The summed E-state index contributed by atoms with van der Waals surface area (Å²) >= 11 is 0. The van der Waals surface area contributed by atoms with Gasteiger partial charge in [0, 0.05) is 0 Å². The highest BCUT2D eigenvalue weighted by atomic mass is 16.7. The van der Waals surface area contributed by atoms with E-state index < -0.39 is 29.9 Å². The van der Waals surface area contributed by atoms with Crippen molar-refractivity contribution < 1.29 is 33.6 Å². The number of aromatic carboxylic acids is 1. The quantitative estimate of drug-likeness (QED) is 0.842. The van der Waals surface area contributed by atoms with Crippen LogP contribution in [0.15, 0.2) is 24.3 Å². The molecule has 0 unspecified atom stereocenters. The van der Waals surface area contributed by atoms with Crippen LogP contribution in [-0.4, -0.2) is 54.4 Å². The lowest BCUT2D eigenvalue weighted by Gasteiger charge is -2.38. The molecule has 0 bridgehead atoms. The molecule has 23 heavy (non-hydrogen) atoms. The Kier molecular flexibility index (Phi) is 4.09. The van der Waals surface area contributed by atoms with Gasteiger partial charge in [0.2, 0.25) is 0 Å². The minimum Gasteiger partial charge on any atom is -0.478 e. The van der Waals surface area contributed by atoms with Crippen LogP contribution >= 0.6 is 0 Å². The Morgan fingerprint density at radius 1 is 1.22 bits per heavy atom. The molecule has 0 saturated carbocycles. The van der Waals surface area contributed by atoms with E-state index in [2.05, 4.69) is 0 Å². The number of fused-ring (bicyclic) bond motifs is 1. The van der Waals surface area contributed by atoms with E-state index in [-0.39, 0.29) is 23.8 Å². The Bertz CT molecular complexity index is 625. The van der Waals surface area contributed by atoms with Crippen LogP contribution in [0.5, 0.6) is 0 Å². The highest BCUT2D eigenvalue weighted by Gasteiger charge is 2.48. The first-order valence-electron chi connectivity index (χ1n) is 7.34. The second kappa shape index (κ2) is 5.92. The fourth-order valence-corrected chi connectivity index (χ4v) is 2.74. The van der Waals surface area contributed by atoms with Gasteiger partial charge in [-0.15, -0.1) is 0 Å². The van der Waals surface area contributed by atoms with Crippen molar-refractivity contribution in [1.82, 2.24) is 0 Å². The SMILES string of the molecule is CC1(C)OC[C@@H]2OC[C@@H](OC(=O)c3ccccc3C(=O)O)[C@@H]2O1. The first-order valence-corrected chi connectivity index (χ1v) is 7.34. The van der Waals surface area contributed by atoms with Crippen molar-refractivity contribution in [3.63, 3.8) is 0 Å². The van der Waals surface area contributed by atoms with Gasteiger partial charge in [-0.25, -0.2) is 9.59 Å². The van der Waals surface area contributed by atoms with E-state index in [9.17, 15) is 9.59 Å². The Labute approximate surface area is 133 Å². The zero-order valence-corrected chi connectivity index (χ0v) is 12.9. The van der Waals surface area contributed by atoms with Crippen LogP contribution in [0.3, 0.4) is 0 Å². The standard InChI is InChI=1S/C16H18O7/c1-16(2)21-8-11-13(23-16)12(7-20-11)22-15(19)10-6-4-3-5-9(10)14(17)18/h3-6,11-13H,7-8H2,1-2H3,(H,17,18)/t11-,12+,13+/m0/s1. The van der Waals surface area contributed by atoms with E-state index in [0.717, 1.165) is 0 Å². The minimum atomic E-state index is -1.18. The summed E-state index contributed by atoms with van der Waals surface area (Å²) in [5.41, 5.74) is -0.0871. The molecule has 7 heteroatoms. The van der Waals surface area contributed by atoms with E-state index in [0.29, 0.717) is 6.61 Å². The van der Waals surface area contributed by atoms with Gasteiger partial charge in [-0.2, -0.15) is 0 Å². The zero-order chi connectivity index (χ0) is 16.6. The van der Waals surface area contributed by atoms with Gasteiger partial charge in [0.25, 0.3) is 0 Å². The Morgan fingerprint density at radius 2 is 1.91 bits per heavy atom. The lowest BCUT2D eigenvalue weighted by atomic mass is 10.1. The fraction of sp³-hybridized carbons (Fsp3) is 0.500. The summed E-state index contributed by atoms with van der Waals surface area (Å²) in [6, 6.07) is 5.93. The number of esters is 1. The number of ether oxygens (including phenoxy) is 4. The average molecular weight is 322 g/mol. The summed E-state index contributed by atoms with van der Waals surface area (Å²) in [5, 5.41) is 9.16. The molecule has 3 rings (SSSR count). The fourth-order valence-electron chi connectivity index (χ4n) is 2.74. The van der Waals surface area contributed by atoms with Gasteiger partial charge in [-0.1, -0.05) is 12.1 Å². The monoisotopic (exact) mass is 322 g/mol. The van der Waals surface area contributed by atoms with Crippen molar-refractivity contribution in [2.75, 3.05) is 13.2 Å². The smallest absolute Gasteiger partial charge is 0.339 e. The normalized spacial score (nSPS) is 28.9. The van der Waals surface area contributed by atoms with Crippen LogP contribution in [0.25, 0.3) is 0 Å². The number of rotatable bonds is 3. The van der Waals surface area contributed by atoms with Gasteiger partial charge in [0.15, 0.2) is 11.9 Å². The minimum absolute atomic E-state index is 0.00905. The van der Waals surface area contributed by atoms with Gasteiger partial charge < -0.3 is 24.1 Å². The van der Waals surface area contributed by atoms with Gasteiger partial charge >= 0.3 is 11.9 Å². The number of carboxylic acids is 1. The van der Waals surface area contributed by atoms with Crippen molar-refractivity contribution in [2.45, 2.75) is 37.9 Å². The highest BCUT2D eigenvalue weighted by Crippen LogP contribution is 2.32. The molecule has 1 N–H and O–H groups in total. The summed E-state index contributed by atoms with van der Waals surface area (Å²) in [6.07, 6.45) is -1.33. The molecule has 2 fully saturated rings. The Balaban J connectivity index is 1.75. The van der Waals surface area contributed by atoms with Crippen LogP contribution in [0.1, 0.15) is 34.6 Å². The molecular formula is C16H18O7. The van der Waals surface area contributed by atoms with Crippen LogP contribution in [0, 0.1) is 0 Å². The van der Waals surface area contributed by atoms with Gasteiger partial charge in [-0.05, 0) is 26.0 Å². The van der Waals surface area contributed by atoms with Crippen molar-refractivity contribution in [3.05, 3.63) is 35.4 Å². The summed E-state index contributed by atoms with van der Waals surface area (Å²) in [7, 11) is 0. The van der Waals surface area contributed by atoms with Crippen LogP contribution in [0.2, 0.25) is 0 Å². The zero-order valence-electron chi connectivity index (χ0n) is 12.9. The van der Waals surface area contributed by atoms with Gasteiger partial charge in [0.05, 0.1) is 24.3 Å². The summed E-state index contributed by atoms with van der Waals surface area (Å²) in [4.78, 5) is 23.5. The third-order valence-electron chi connectivity index (χ3n) is 3.86. The lowest BCUT2D eigenvalue weighted by molar-refractivity contribution is -0.299. The third kappa shape index (κ3) is 3.21. The molecule has 2 saturated heterocycles. The van der Waals surface area contributed by atoms with Crippen molar-refractivity contribution in [1.29, 1.82) is 0 Å². The third-order valence-corrected chi connectivity index (χ3v) is 3.86. The number of hydrogen-bond donors (Lipinski definition) is 1. The summed E-state index contributed by atoms with van der Waals surface area (Å²) in [5.74, 6) is -2.66. The largest absolute Gasteiger partial charge is 0.478 e. The van der Waals surface area contributed by atoms with Crippen LogP contribution in [0.4, 0.5) is 0 Å². The molecular weight excluding hydrogens is 304 g/mol. The molecule has 3 atom stereocenters. The maximum absolute atomic E-state index is 12.3. The predicted octanol–water partition coefficient (Wildman–Crippen LogP) is 1.46. The first-order chi connectivity index (χ1) is 10.9. The molecule has 1 aromatic carbocycles. The summed E-state index contributed by atoms with van der Waals surface area (Å²) in [6.45, 7) is 4.10. The van der Waals surface area contributed by atoms with E-state index in [1.807, 2.05) is 0 Å². The first kappa shape index (κ1) is 15.9. The molecule has 0 amide bonds. The second-order valence-corrected chi connectivity index (χ2v) is 5.96. The number of carbonyl (C=O) groups excluding carboxylic acids is 1. The average Bonchev–Trinajstić information content (AvgIpc) is 2.88. The van der Waals surface area contributed by atoms with E-state index in [4.69, 9.17) is 24.1 Å². The highest BCUT2D eigenvalue weighted by molar-refractivity contribution is 6.02. The molecule has 0 aliphatic carbocycles. The van der Waals surface area contributed by atoms with E-state index in [1.54, 1.807) is 26.0 Å². The second-order valence-electron chi connectivity index (χ2n) is 5.96. The molecule has 1 aromatic rings. The maximum Gasteiger partial charge on any atom is 0.339 e. The number of carboxylic acid groups (broad SMARTS) is 1. The van der Waals surface area contributed by atoms with Crippen molar-refractivity contribution >= 4 is 11.9 Å². The Hall–Kier alpha value is -1.96. The lowest BCUT2D eigenvalue weighted by Crippen LogP contribution is -2.50. The molecule has 0 aromatic heterocycles. The summed E-state index contributed by atoms with van der Waals surface area (Å²) < 4.78 is 22.3. The van der Waals surface area contributed by atoms with E-state index in [1.165, 1.54) is 12.1 Å². The number of carbonyl (C=O) groups is 2. The van der Waals surface area contributed by atoms with Crippen LogP contribution < -0.4 is 0 Å². The molecule has 0 radical (unpaired) electrons. The molecule has 2 heterocycles. The molecule has 2 aliphatic heterocycles. The molecule has 7 nitrogen and oxygen atoms in total. The number of hydrogen-bond acceptors (Lipinski definition) is 6. The van der Waals surface area contributed by atoms with Gasteiger partial charge in [-0.3, -0.25) is 0 Å². The molecule has 0 spiro atoms. The maximum atomic E-state index is 12.3. The number of benzene rings is 1. The molecule has 2 aliphatic rings. The van der Waals surface area contributed by atoms with Gasteiger partial charge in [0.1, 0.15) is 12.2 Å². The van der Waals surface area contributed by atoms with Crippen molar-refractivity contribution in [2.24, 2.45) is 0 Å². The van der Waals surface area contributed by atoms with Crippen molar-refractivity contribution in [3.8, 4) is 0 Å². The predicted molar refractivity (Wildman–Crippen MR) is 77.2 cm³/mol. The van der Waals surface area contributed by atoms with E-state index >= 15 is 0 Å². The Morgan fingerprint density at radius 3 is 2.61 bits per heavy atom. The van der Waals surface area contributed by atoms with Crippen LogP contribution in [-0.2, 0) is 18.9 Å². The molecule has 124 valence electrons.